The molecule has 0 fully saturated rings. The van der Waals surface area contributed by atoms with Gasteiger partial charge in [-0.25, -0.2) is 8.42 Å². The molecule has 0 heterocycles. The van der Waals surface area contributed by atoms with Gasteiger partial charge in [0.2, 0.25) is 0 Å². The van der Waals surface area contributed by atoms with Crippen molar-refractivity contribution in [1.29, 1.82) is 0 Å². The van der Waals surface area contributed by atoms with Gasteiger partial charge in [-0.05, 0) is 66.6 Å². The minimum absolute atomic E-state index is 0.0374. The highest BCUT2D eigenvalue weighted by Crippen LogP contribution is 2.31. The Morgan fingerprint density at radius 3 is 2.25 bits per heavy atom. The van der Waals surface area contributed by atoms with Crippen LogP contribution in [0, 0.1) is 6.92 Å². The van der Waals surface area contributed by atoms with Crippen LogP contribution in [0.5, 0.6) is 5.75 Å². The van der Waals surface area contributed by atoms with Gasteiger partial charge in [0, 0.05) is 10.7 Å². The number of methoxy groups -OCH3 is 1. The number of nitrogens with zero attached hydrogens (tertiary/aromatic N) is 1. The number of para-hydroxylation sites is 1. The zero-order valence-corrected chi connectivity index (χ0v) is 21.4. The van der Waals surface area contributed by atoms with E-state index in [0.717, 1.165) is 11.1 Å². The van der Waals surface area contributed by atoms with Crippen LogP contribution in [0.15, 0.2) is 102 Å². The number of ether oxygens (including phenoxy) is 1. The molecule has 8 heteroatoms. The maximum absolute atomic E-state index is 13.9. The molecule has 0 aliphatic heterocycles. The van der Waals surface area contributed by atoms with E-state index in [1.807, 2.05) is 30.3 Å². The molecule has 36 heavy (non-hydrogen) atoms. The zero-order valence-electron chi connectivity index (χ0n) is 19.8. The molecule has 0 saturated carbocycles. The van der Waals surface area contributed by atoms with Gasteiger partial charge in [-0.2, -0.15) is 0 Å². The molecule has 4 rings (SSSR count). The molecule has 1 N–H and O–H groups in total. The quantitative estimate of drug-likeness (QED) is 0.295. The molecule has 0 unspecified atom stereocenters. The molecule has 184 valence electrons. The Morgan fingerprint density at radius 2 is 1.56 bits per heavy atom. The van der Waals surface area contributed by atoms with Crippen molar-refractivity contribution in [2.75, 3.05) is 16.7 Å². The van der Waals surface area contributed by atoms with Crippen molar-refractivity contribution in [1.82, 2.24) is 0 Å². The summed E-state index contributed by atoms with van der Waals surface area (Å²) in [5.41, 5.74) is 2.52. The highest BCUT2D eigenvalue weighted by atomic mass is 35.5. The number of benzene rings is 4. The summed E-state index contributed by atoms with van der Waals surface area (Å²) in [6, 6.07) is 27.3. The second-order valence-corrected chi connectivity index (χ2v) is 10.3. The molecular formula is C28H25ClN2O4S. The number of nitrogens with one attached hydrogen (secondary N) is 1. The maximum atomic E-state index is 13.9. The summed E-state index contributed by atoms with van der Waals surface area (Å²) in [4.78, 5) is 13.5. The summed E-state index contributed by atoms with van der Waals surface area (Å²) in [6.07, 6.45) is 0. The van der Waals surface area contributed by atoms with Gasteiger partial charge < -0.3 is 10.1 Å². The Bertz CT molecular complexity index is 1470. The van der Waals surface area contributed by atoms with Crippen molar-refractivity contribution < 1.29 is 17.9 Å². The van der Waals surface area contributed by atoms with Gasteiger partial charge in [0.05, 0.1) is 29.8 Å². The predicted octanol–water partition coefficient (Wildman–Crippen LogP) is 6.30. The molecule has 0 spiro atoms. The fraction of sp³-hybridized carbons (Fsp3) is 0.107. The summed E-state index contributed by atoms with van der Waals surface area (Å²) >= 11 is 6.22. The second kappa shape index (κ2) is 10.8. The highest BCUT2D eigenvalue weighted by molar-refractivity contribution is 7.92. The molecule has 0 atom stereocenters. The van der Waals surface area contributed by atoms with Gasteiger partial charge in [0.25, 0.3) is 15.9 Å². The first-order valence-corrected chi connectivity index (χ1v) is 13.0. The van der Waals surface area contributed by atoms with Crippen molar-refractivity contribution >= 4 is 38.9 Å². The smallest absolute Gasteiger partial charge is 0.264 e. The molecule has 6 nitrogen and oxygen atoms in total. The number of amides is 1. The van der Waals surface area contributed by atoms with Crippen molar-refractivity contribution in [2.45, 2.75) is 18.4 Å². The summed E-state index contributed by atoms with van der Waals surface area (Å²) in [5, 5.41) is 3.39. The van der Waals surface area contributed by atoms with Crippen LogP contribution >= 0.6 is 11.6 Å². The van der Waals surface area contributed by atoms with E-state index in [9.17, 15) is 13.2 Å². The second-order valence-electron chi connectivity index (χ2n) is 8.06. The third kappa shape index (κ3) is 5.37. The molecule has 0 bridgehead atoms. The Morgan fingerprint density at radius 1 is 0.889 bits per heavy atom. The molecule has 0 saturated heterocycles. The number of carbonyl (C=O) groups excluding carboxylic acids is 1. The first kappa shape index (κ1) is 25.3. The minimum atomic E-state index is -4.04. The average Bonchev–Trinajstić information content (AvgIpc) is 2.90. The molecule has 0 aliphatic carbocycles. The molecule has 1 amide bonds. The van der Waals surface area contributed by atoms with E-state index in [1.165, 1.54) is 23.5 Å². The lowest BCUT2D eigenvalue weighted by Gasteiger charge is -2.27. The molecule has 0 aromatic heterocycles. The fourth-order valence-corrected chi connectivity index (χ4v) is 5.39. The largest absolute Gasteiger partial charge is 0.497 e. The van der Waals surface area contributed by atoms with E-state index >= 15 is 0 Å². The van der Waals surface area contributed by atoms with Crippen LogP contribution in [0.4, 0.5) is 11.4 Å². The van der Waals surface area contributed by atoms with E-state index in [4.69, 9.17) is 16.3 Å². The van der Waals surface area contributed by atoms with Crippen LogP contribution in [-0.4, -0.2) is 21.4 Å². The number of sulfonamides is 1. The normalized spacial score (nSPS) is 11.1. The molecule has 0 aliphatic rings. The van der Waals surface area contributed by atoms with Gasteiger partial charge in [-0.1, -0.05) is 60.1 Å². The fourth-order valence-electron chi connectivity index (χ4n) is 3.74. The Hall–Kier alpha value is -3.81. The van der Waals surface area contributed by atoms with E-state index in [-0.39, 0.29) is 22.7 Å². The predicted molar refractivity (Wildman–Crippen MR) is 143 cm³/mol. The van der Waals surface area contributed by atoms with Gasteiger partial charge in [0.15, 0.2) is 0 Å². The highest BCUT2D eigenvalue weighted by Gasteiger charge is 2.29. The number of hydrogen-bond acceptors (Lipinski definition) is 4. The summed E-state index contributed by atoms with van der Waals surface area (Å²) in [5.74, 6) is 0.0965. The monoisotopic (exact) mass is 520 g/mol. The molecule has 0 radical (unpaired) electrons. The van der Waals surface area contributed by atoms with E-state index in [0.29, 0.717) is 16.5 Å². The average molecular weight is 521 g/mol. The summed E-state index contributed by atoms with van der Waals surface area (Å²) < 4.78 is 34.2. The van der Waals surface area contributed by atoms with Crippen LogP contribution < -0.4 is 14.4 Å². The maximum Gasteiger partial charge on any atom is 0.264 e. The van der Waals surface area contributed by atoms with Crippen molar-refractivity contribution in [2.24, 2.45) is 0 Å². The van der Waals surface area contributed by atoms with Crippen LogP contribution in [0.25, 0.3) is 0 Å². The van der Waals surface area contributed by atoms with Crippen LogP contribution in [0.2, 0.25) is 5.02 Å². The first-order valence-electron chi connectivity index (χ1n) is 11.2. The lowest BCUT2D eigenvalue weighted by Crippen LogP contribution is -2.32. The van der Waals surface area contributed by atoms with Crippen LogP contribution in [0.1, 0.15) is 21.5 Å². The molecular weight excluding hydrogens is 496 g/mol. The van der Waals surface area contributed by atoms with Crippen molar-refractivity contribution in [3.63, 3.8) is 0 Å². The van der Waals surface area contributed by atoms with Gasteiger partial charge in [0.1, 0.15) is 5.75 Å². The lowest BCUT2D eigenvalue weighted by atomic mass is 10.1. The van der Waals surface area contributed by atoms with Gasteiger partial charge in [-0.3, -0.25) is 9.10 Å². The topological polar surface area (TPSA) is 75.7 Å². The van der Waals surface area contributed by atoms with E-state index in [1.54, 1.807) is 61.5 Å². The Kier molecular flexibility index (Phi) is 7.62. The summed E-state index contributed by atoms with van der Waals surface area (Å²) in [6.45, 7) is 1.84. The standard InChI is InChI=1S/C28H25ClN2O4S/c1-20-25(29)12-8-13-26(20)30-28(32)24-11-6-7-14-27(24)31(19-21-9-4-3-5-10-21)36(33,34)23-17-15-22(35-2)16-18-23/h3-18H,19H2,1-2H3,(H,30,32). The third-order valence-electron chi connectivity index (χ3n) is 5.75. The number of halogens is 1. The Labute approximate surface area is 216 Å². The summed E-state index contributed by atoms with van der Waals surface area (Å²) in [7, 11) is -2.53. The first-order chi connectivity index (χ1) is 17.3. The molecule has 4 aromatic carbocycles. The number of anilines is 2. The zero-order chi connectivity index (χ0) is 25.7. The minimum Gasteiger partial charge on any atom is -0.497 e. The van der Waals surface area contributed by atoms with Crippen LogP contribution in [-0.2, 0) is 16.6 Å². The van der Waals surface area contributed by atoms with E-state index in [2.05, 4.69) is 5.32 Å². The van der Waals surface area contributed by atoms with Gasteiger partial charge in [-0.15, -0.1) is 0 Å². The van der Waals surface area contributed by atoms with Crippen LogP contribution in [0.3, 0.4) is 0 Å². The number of rotatable bonds is 8. The van der Waals surface area contributed by atoms with Gasteiger partial charge >= 0.3 is 0 Å². The van der Waals surface area contributed by atoms with Crippen molar-refractivity contribution in [3.05, 3.63) is 119 Å². The SMILES string of the molecule is COc1ccc(S(=O)(=O)N(Cc2ccccc2)c2ccccc2C(=O)Nc2cccc(Cl)c2C)cc1. The third-order valence-corrected chi connectivity index (χ3v) is 7.93. The van der Waals surface area contributed by atoms with E-state index < -0.39 is 15.9 Å². The molecule has 4 aromatic rings. The lowest BCUT2D eigenvalue weighted by molar-refractivity contribution is 0.102. The Balaban J connectivity index is 1.79. The number of carbonyl (C=O) groups is 1. The number of hydrogen-bond donors (Lipinski definition) is 1. The van der Waals surface area contributed by atoms with Crippen molar-refractivity contribution in [3.8, 4) is 5.75 Å².